The lowest BCUT2D eigenvalue weighted by Gasteiger charge is -2.36. The van der Waals surface area contributed by atoms with Crippen LogP contribution in [0.2, 0.25) is 0 Å². The van der Waals surface area contributed by atoms with E-state index in [9.17, 15) is 4.79 Å². The summed E-state index contributed by atoms with van der Waals surface area (Å²) in [5.74, 6) is 0. The molecule has 1 aliphatic rings. The van der Waals surface area contributed by atoms with E-state index < -0.39 is 17.7 Å². The highest BCUT2D eigenvalue weighted by atomic mass is 16.6. The Morgan fingerprint density at radius 2 is 1.60 bits per heavy atom. The Balaban J connectivity index is 1.89. The van der Waals surface area contributed by atoms with Crippen molar-refractivity contribution >= 4 is 11.8 Å². The van der Waals surface area contributed by atoms with Gasteiger partial charge in [-0.1, -0.05) is 65.8 Å². The zero-order valence-electron chi connectivity index (χ0n) is 17.6. The first-order valence-electron chi connectivity index (χ1n) is 10.1. The molecule has 0 aromatic heterocycles. The molecule has 0 aliphatic carbocycles. The zero-order chi connectivity index (χ0) is 21.6. The minimum Gasteiger partial charge on any atom is -0.444 e. The summed E-state index contributed by atoms with van der Waals surface area (Å²) in [6.45, 7) is 6.28. The van der Waals surface area contributed by atoms with Crippen molar-refractivity contribution in [3.8, 4) is 0 Å². The van der Waals surface area contributed by atoms with Crippen LogP contribution in [-0.4, -0.2) is 47.5 Å². The van der Waals surface area contributed by atoms with Crippen molar-refractivity contribution in [1.29, 1.82) is 0 Å². The molecule has 1 fully saturated rings. The van der Waals surface area contributed by atoms with Crippen molar-refractivity contribution in [2.75, 3.05) is 13.1 Å². The summed E-state index contributed by atoms with van der Waals surface area (Å²) in [5, 5.41) is 3.96. The average molecular weight is 406 g/mol. The van der Waals surface area contributed by atoms with Crippen molar-refractivity contribution in [3.05, 3.63) is 82.2 Å². The van der Waals surface area contributed by atoms with Crippen LogP contribution in [0.1, 0.15) is 38.3 Å². The maximum atomic E-state index is 12.5. The number of piperidine rings is 1. The van der Waals surface area contributed by atoms with Crippen LogP contribution in [0.3, 0.4) is 0 Å². The van der Waals surface area contributed by atoms with E-state index in [2.05, 4.69) is 10.0 Å². The highest BCUT2D eigenvalue weighted by molar-refractivity contribution is 6.13. The summed E-state index contributed by atoms with van der Waals surface area (Å²) in [5.41, 5.74) is 11.4. The molecule has 0 spiro atoms. The number of carbonyl (C=O) groups excluding carboxylic acids is 1. The minimum absolute atomic E-state index is 0.227. The number of azide groups is 1. The molecule has 2 aromatic rings. The summed E-state index contributed by atoms with van der Waals surface area (Å²) in [4.78, 5) is 22.1. The SMILES string of the molecule is CC(C)(C)OC(=O)N1CC[C@H](N=C(c2ccccc2)c2ccccc2)[C@H](N=[N+]=[N-])C1. The van der Waals surface area contributed by atoms with E-state index in [1.54, 1.807) is 4.90 Å². The fourth-order valence-electron chi connectivity index (χ4n) is 3.42. The predicted octanol–water partition coefficient (Wildman–Crippen LogP) is 5.21. The molecule has 0 unspecified atom stereocenters. The number of ether oxygens (including phenoxy) is 1. The van der Waals surface area contributed by atoms with Crippen molar-refractivity contribution < 1.29 is 9.53 Å². The summed E-state index contributed by atoms with van der Waals surface area (Å²) in [6, 6.07) is 19.2. The number of carbonyl (C=O) groups is 1. The van der Waals surface area contributed by atoms with Gasteiger partial charge in [0.25, 0.3) is 0 Å². The molecular formula is C23H27N5O2. The number of hydrogen-bond acceptors (Lipinski definition) is 4. The van der Waals surface area contributed by atoms with E-state index in [0.717, 1.165) is 16.8 Å². The van der Waals surface area contributed by atoms with E-state index in [0.29, 0.717) is 13.0 Å². The molecule has 0 saturated carbocycles. The molecule has 0 radical (unpaired) electrons. The number of nitrogens with zero attached hydrogens (tertiary/aromatic N) is 5. The first kappa shape index (κ1) is 21.4. The maximum Gasteiger partial charge on any atom is 0.410 e. The summed E-state index contributed by atoms with van der Waals surface area (Å²) in [7, 11) is 0. The van der Waals surface area contributed by atoms with E-state index >= 15 is 0 Å². The van der Waals surface area contributed by atoms with Crippen LogP contribution in [0, 0.1) is 0 Å². The van der Waals surface area contributed by atoms with Crippen molar-refractivity contribution in [2.24, 2.45) is 10.1 Å². The van der Waals surface area contributed by atoms with Crippen molar-refractivity contribution in [1.82, 2.24) is 4.90 Å². The average Bonchev–Trinajstić information content (AvgIpc) is 2.73. The van der Waals surface area contributed by atoms with Crippen LogP contribution in [0.25, 0.3) is 10.4 Å². The Morgan fingerprint density at radius 1 is 1.03 bits per heavy atom. The fraction of sp³-hybridized carbons (Fsp3) is 0.391. The molecule has 7 heteroatoms. The maximum absolute atomic E-state index is 12.5. The zero-order valence-corrected chi connectivity index (χ0v) is 17.6. The first-order valence-corrected chi connectivity index (χ1v) is 10.1. The molecule has 1 amide bonds. The van der Waals surface area contributed by atoms with Gasteiger partial charge in [0.2, 0.25) is 0 Å². The molecule has 2 aromatic carbocycles. The second-order valence-corrected chi connectivity index (χ2v) is 8.26. The van der Waals surface area contributed by atoms with Gasteiger partial charge in [-0.05, 0) is 32.7 Å². The van der Waals surface area contributed by atoms with Gasteiger partial charge >= 0.3 is 6.09 Å². The molecule has 156 valence electrons. The Hall–Kier alpha value is -3.31. The van der Waals surface area contributed by atoms with Gasteiger partial charge in [0.15, 0.2) is 0 Å². The van der Waals surface area contributed by atoms with Crippen LogP contribution < -0.4 is 0 Å². The van der Waals surface area contributed by atoms with Gasteiger partial charge in [-0.2, -0.15) is 0 Å². The van der Waals surface area contributed by atoms with E-state index in [1.807, 2.05) is 81.4 Å². The molecule has 7 nitrogen and oxygen atoms in total. The normalized spacial score (nSPS) is 18.8. The summed E-state index contributed by atoms with van der Waals surface area (Å²) in [6.07, 6.45) is 0.195. The second-order valence-electron chi connectivity index (χ2n) is 8.26. The van der Waals surface area contributed by atoms with Crippen molar-refractivity contribution in [2.45, 2.75) is 44.9 Å². The molecular weight excluding hydrogens is 378 g/mol. The van der Waals surface area contributed by atoms with Gasteiger partial charge in [-0.3, -0.25) is 4.99 Å². The van der Waals surface area contributed by atoms with Gasteiger partial charge < -0.3 is 9.64 Å². The second kappa shape index (κ2) is 9.46. The number of hydrogen-bond donors (Lipinski definition) is 0. The topological polar surface area (TPSA) is 90.7 Å². The third kappa shape index (κ3) is 5.61. The molecule has 1 saturated heterocycles. The molecule has 0 bridgehead atoms. The number of amides is 1. The fourth-order valence-corrected chi connectivity index (χ4v) is 3.42. The summed E-state index contributed by atoms with van der Waals surface area (Å²) < 4.78 is 5.48. The standard InChI is InChI=1S/C23H27N5O2/c1-23(2,3)30-22(29)28-15-14-19(20(16-28)26-27-24)25-21(17-10-6-4-7-11-17)18-12-8-5-9-13-18/h4-13,19-20H,14-16H2,1-3H3/t19-,20+/m0/s1. The van der Waals surface area contributed by atoms with Gasteiger partial charge in [0.1, 0.15) is 5.60 Å². The van der Waals surface area contributed by atoms with E-state index in [4.69, 9.17) is 15.3 Å². The minimum atomic E-state index is -0.576. The number of aliphatic imine (C=N–C) groups is 1. The van der Waals surface area contributed by atoms with Crippen LogP contribution in [0.5, 0.6) is 0 Å². The molecule has 1 aliphatic heterocycles. The van der Waals surface area contributed by atoms with Crippen LogP contribution in [0.15, 0.2) is 70.8 Å². The number of likely N-dealkylation sites (tertiary alicyclic amines) is 1. The predicted molar refractivity (Wildman–Crippen MR) is 118 cm³/mol. The van der Waals surface area contributed by atoms with Gasteiger partial charge in [-0.25, -0.2) is 4.79 Å². The number of benzene rings is 2. The van der Waals surface area contributed by atoms with Crippen molar-refractivity contribution in [3.63, 3.8) is 0 Å². The lowest BCUT2D eigenvalue weighted by molar-refractivity contribution is 0.0189. The molecule has 30 heavy (non-hydrogen) atoms. The Labute approximate surface area is 177 Å². The monoisotopic (exact) mass is 405 g/mol. The molecule has 3 rings (SSSR count). The third-order valence-corrected chi connectivity index (χ3v) is 4.79. The summed E-state index contributed by atoms with van der Waals surface area (Å²) >= 11 is 0. The Kier molecular flexibility index (Phi) is 6.75. The smallest absolute Gasteiger partial charge is 0.410 e. The van der Waals surface area contributed by atoms with E-state index in [1.165, 1.54) is 0 Å². The van der Waals surface area contributed by atoms with Crippen LogP contribution >= 0.6 is 0 Å². The van der Waals surface area contributed by atoms with E-state index in [-0.39, 0.29) is 12.6 Å². The number of rotatable bonds is 4. The van der Waals surface area contributed by atoms with Gasteiger partial charge in [0.05, 0.1) is 17.8 Å². The third-order valence-electron chi connectivity index (χ3n) is 4.79. The Bertz CT molecular complexity index is 890. The van der Waals surface area contributed by atoms with Crippen LogP contribution in [0.4, 0.5) is 4.79 Å². The van der Waals surface area contributed by atoms with Crippen LogP contribution in [-0.2, 0) is 4.74 Å². The largest absolute Gasteiger partial charge is 0.444 e. The van der Waals surface area contributed by atoms with Gasteiger partial charge in [-0.15, -0.1) is 0 Å². The first-order chi connectivity index (χ1) is 14.4. The molecule has 1 heterocycles. The quantitative estimate of drug-likeness (QED) is 0.302. The Morgan fingerprint density at radius 3 is 2.10 bits per heavy atom. The lowest BCUT2D eigenvalue weighted by atomic mass is 9.97. The molecule has 2 atom stereocenters. The lowest BCUT2D eigenvalue weighted by Crippen LogP contribution is -2.49. The van der Waals surface area contributed by atoms with Gasteiger partial charge in [0, 0.05) is 29.1 Å². The highest BCUT2D eigenvalue weighted by Gasteiger charge is 2.33. The highest BCUT2D eigenvalue weighted by Crippen LogP contribution is 2.22. The molecule has 0 N–H and O–H groups in total.